The van der Waals surface area contributed by atoms with E-state index in [1.807, 2.05) is 0 Å². The first-order valence-electron chi connectivity index (χ1n) is 4.43. The lowest BCUT2D eigenvalue weighted by Gasteiger charge is -2.10. The molecule has 1 aromatic carbocycles. The second kappa shape index (κ2) is 5.86. The highest BCUT2D eigenvalue weighted by atomic mass is 79.9. The topological polar surface area (TPSA) is 17.1 Å². The van der Waals surface area contributed by atoms with Gasteiger partial charge in [-0.05, 0) is 29.5 Å². The van der Waals surface area contributed by atoms with E-state index in [0.717, 1.165) is 12.1 Å². The fourth-order valence-electron chi connectivity index (χ4n) is 1.15. The van der Waals surface area contributed by atoms with E-state index < -0.39 is 23.1 Å². The van der Waals surface area contributed by atoms with Crippen molar-refractivity contribution in [2.75, 3.05) is 5.33 Å². The highest BCUT2D eigenvalue weighted by Gasteiger charge is 2.30. The maximum Gasteiger partial charge on any atom is 0.446 e. The summed E-state index contributed by atoms with van der Waals surface area (Å²) in [7, 11) is 0. The van der Waals surface area contributed by atoms with Gasteiger partial charge in [0.1, 0.15) is 11.6 Å². The summed E-state index contributed by atoms with van der Waals surface area (Å²) in [4.78, 5) is 10.9. The van der Waals surface area contributed by atoms with Gasteiger partial charge in [-0.15, -0.1) is 0 Å². The highest BCUT2D eigenvalue weighted by molar-refractivity contribution is 9.09. The van der Waals surface area contributed by atoms with Crippen molar-refractivity contribution in [1.29, 1.82) is 0 Å². The van der Waals surface area contributed by atoms with Gasteiger partial charge in [0.25, 0.3) is 0 Å². The van der Waals surface area contributed by atoms with Gasteiger partial charge in [0.05, 0.1) is 5.33 Å². The molecule has 0 heterocycles. The van der Waals surface area contributed by atoms with Crippen LogP contribution < -0.4 is 0 Å². The SMILES string of the molecule is O=C(CBr)Cc1ccc(F)cc1SC(F)(F)F. The maximum absolute atomic E-state index is 12.9. The molecule has 0 aliphatic heterocycles. The first-order chi connectivity index (χ1) is 7.81. The number of ketones is 1. The van der Waals surface area contributed by atoms with Crippen LogP contribution in [0.5, 0.6) is 0 Å². The van der Waals surface area contributed by atoms with Gasteiger partial charge in [-0.2, -0.15) is 13.2 Å². The molecule has 0 spiro atoms. The van der Waals surface area contributed by atoms with E-state index in [4.69, 9.17) is 0 Å². The van der Waals surface area contributed by atoms with Crippen LogP contribution in [0.4, 0.5) is 17.6 Å². The van der Waals surface area contributed by atoms with Gasteiger partial charge in [0.15, 0.2) is 0 Å². The Kier molecular flexibility index (Phi) is 5.00. The van der Waals surface area contributed by atoms with Crippen LogP contribution in [0.15, 0.2) is 23.1 Å². The third-order valence-electron chi connectivity index (χ3n) is 1.79. The molecule has 0 bridgehead atoms. The quantitative estimate of drug-likeness (QED) is 0.472. The summed E-state index contributed by atoms with van der Waals surface area (Å²) in [6.45, 7) is 0. The van der Waals surface area contributed by atoms with Gasteiger partial charge in [0, 0.05) is 11.3 Å². The number of carbonyl (C=O) groups excluding carboxylic acids is 1. The summed E-state index contributed by atoms with van der Waals surface area (Å²) in [5, 5.41) is 0.0561. The highest BCUT2D eigenvalue weighted by Crippen LogP contribution is 2.39. The molecule has 0 unspecified atom stereocenters. The minimum atomic E-state index is -4.50. The molecular weight excluding hydrogens is 324 g/mol. The molecule has 0 aromatic heterocycles. The number of carbonyl (C=O) groups is 1. The first kappa shape index (κ1) is 14.5. The number of alkyl halides is 4. The number of Topliss-reactive ketones (excluding diaryl/α,β-unsaturated/α-hetero) is 1. The Hall–Kier alpha value is -0.560. The molecule has 1 rings (SSSR count). The molecular formula is C10H7BrF4OS. The summed E-state index contributed by atoms with van der Waals surface area (Å²) in [5.74, 6) is -1.02. The van der Waals surface area contributed by atoms with Crippen LogP contribution in [0.2, 0.25) is 0 Å². The molecule has 94 valence electrons. The lowest BCUT2D eigenvalue weighted by molar-refractivity contribution is -0.115. The number of halogens is 5. The third-order valence-corrected chi connectivity index (χ3v) is 3.25. The smallest absolute Gasteiger partial charge is 0.298 e. The molecule has 0 fully saturated rings. The van der Waals surface area contributed by atoms with E-state index >= 15 is 0 Å². The first-order valence-corrected chi connectivity index (χ1v) is 6.37. The molecule has 0 amide bonds. The molecule has 0 N–H and O–H groups in total. The number of rotatable bonds is 4. The van der Waals surface area contributed by atoms with E-state index in [9.17, 15) is 22.4 Å². The monoisotopic (exact) mass is 330 g/mol. The molecule has 0 radical (unpaired) electrons. The Bertz CT molecular complexity index is 419. The molecule has 0 aliphatic rings. The Morgan fingerprint density at radius 2 is 2.00 bits per heavy atom. The fraction of sp³-hybridized carbons (Fsp3) is 0.300. The van der Waals surface area contributed by atoms with Crippen molar-refractivity contribution in [2.24, 2.45) is 0 Å². The summed E-state index contributed by atoms with van der Waals surface area (Å²) < 4.78 is 49.5. The maximum atomic E-state index is 12.9. The zero-order chi connectivity index (χ0) is 13.1. The van der Waals surface area contributed by atoms with Gasteiger partial charge in [-0.3, -0.25) is 4.79 Å². The molecule has 17 heavy (non-hydrogen) atoms. The van der Waals surface area contributed by atoms with Crippen LogP contribution in [0, 0.1) is 5.82 Å². The van der Waals surface area contributed by atoms with Gasteiger partial charge in [-0.1, -0.05) is 22.0 Å². The molecule has 0 atom stereocenters. The van der Waals surface area contributed by atoms with E-state index in [0.29, 0.717) is 0 Å². The summed E-state index contributed by atoms with van der Waals surface area (Å²) >= 11 is 2.51. The normalized spacial score (nSPS) is 11.6. The Morgan fingerprint density at radius 3 is 2.53 bits per heavy atom. The zero-order valence-electron chi connectivity index (χ0n) is 8.35. The molecule has 1 aromatic rings. The van der Waals surface area contributed by atoms with Crippen molar-refractivity contribution in [2.45, 2.75) is 16.8 Å². The van der Waals surface area contributed by atoms with E-state index in [1.165, 1.54) is 6.07 Å². The van der Waals surface area contributed by atoms with Crippen molar-refractivity contribution >= 4 is 33.5 Å². The number of hydrogen-bond acceptors (Lipinski definition) is 2. The van der Waals surface area contributed by atoms with Gasteiger partial charge < -0.3 is 0 Å². The number of hydrogen-bond donors (Lipinski definition) is 0. The average Bonchev–Trinajstić information content (AvgIpc) is 2.19. The predicted octanol–water partition coefficient (Wildman–Crippen LogP) is 3.94. The minimum Gasteiger partial charge on any atom is -0.298 e. The Morgan fingerprint density at radius 1 is 1.35 bits per heavy atom. The Labute approximate surface area is 108 Å². The van der Waals surface area contributed by atoms with Gasteiger partial charge >= 0.3 is 5.51 Å². The Balaban J connectivity index is 2.99. The van der Waals surface area contributed by atoms with Crippen LogP contribution in [-0.4, -0.2) is 16.6 Å². The molecule has 0 saturated carbocycles. The third kappa shape index (κ3) is 5.08. The van der Waals surface area contributed by atoms with Gasteiger partial charge in [0.2, 0.25) is 0 Å². The summed E-state index contributed by atoms with van der Waals surface area (Å²) in [6, 6.07) is 3.02. The average molecular weight is 331 g/mol. The number of thioether (sulfide) groups is 1. The molecule has 0 aliphatic carbocycles. The summed E-state index contributed by atoms with van der Waals surface area (Å²) in [5.41, 5.74) is -4.32. The van der Waals surface area contributed by atoms with Gasteiger partial charge in [-0.25, -0.2) is 4.39 Å². The fourth-order valence-corrected chi connectivity index (χ4v) is 2.04. The van der Waals surface area contributed by atoms with E-state index in [2.05, 4.69) is 15.9 Å². The van der Waals surface area contributed by atoms with Crippen molar-refractivity contribution in [3.8, 4) is 0 Å². The molecule has 7 heteroatoms. The van der Waals surface area contributed by atoms with Crippen molar-refractivity contribution in [3.63, 3.8) is 0 Å². The van der Waals surface area contributed by atoms with E-state index in [-0.39, 0.29) is 28.0 Å². The van der Waals surface area contributed by atoms with Crippen molar-refractivity contribution in [1.82, 2.24) is 0 Å². The minimum absolute atomic E-state index is 0.0561. The lowest BCUT2D eigenvalue weighted by Crippen LogP contribution is -2.07. The van der Waals surface area contributed by atoms with Crippen LogP contribution in [-0.2, 0) is 11.2 Å². The molecule has 0 saturated heterocycles. The van der Waals surface area contributed by atoms with Crippen LogP contribution >= 0.6 is 27.7 Å². The second-order valence-corrected chi connectivity index (χ2v) is 4.82. The van der Waals surface area contributed by atoms with Crippen molar-refractivity contribution < 1.29 is 22.4 Å². The van der Waals surface area contributed by atoms with Crippen LogP contribution in [0.1, 0.15) is 5.56 Å². The van der Waals surface area contributed by atoms with E-state index in [1.54, 1.807) is 0 Å². The standard InChI is InChI=1S/C10H7BrF4OS/c11-5-8(16)3-6-1-2-7(12)4-9(6)17-10(13,14)15/h1-2,4H,3,5H2. The summed E-state index contributed by atoms with van der Waals surface area (Å²) in [6.07, 6.45) is -0.149. The van der Waals surface area contributed by atoms with Crippen LogP contribution in [0.25, 0.3) is 0 Å². The van der Waals surface area contributed by atoms with Crippen LogP contribution in [0.3, 0.4) is 0 Å². The second-order valence-electron chi connectivity index (χ2n) is 3.15. The largest absolute Gasteiger partial charge is 0.446 e. The zero-order valence-corrected chi connectivity index (χ0v) is 10.8. The molecule has 1 nitrogen and oxygen atoms in total. The number of benzene rings is 1. The lowest BCUT2D eigenvalue weighted by atomic mass is 10.1. The van der Waals surface area contributed by atoms with Crippen molar-refractivity contribution in [3.05, 3.63) is 29.6 Å². The predicted molar refractivity (Wildman–Crippen MR) is 60.8 cm³/mol.